The van der Waals surface area contributed by atoms with Crippen molar-refractivity contribution in [3.8, 4) is 0 Å². The zero-order chi connectivity index (χ0) is 13.0. The maximum atomic E-state index is 8.44. The lowest BCUT2D eigenvalue weighted by atomic mass is 10.3. The molecule has 0 rings (SSSR count). The SMILES string of the molecule is CCOCC[N+](CC)(CC)CC.O=C([O-])O. The number of nitrogens with zero attached hydrogens (tertiary/aromatic N) is 1. The van der Waals surface area contributed by atoms with Crippen LogP contribution in [-0.2, 0) is 4.74 Å². The first-order valence-electron chi connectivity index (χ1n) is 5.80. The highest BCUT2D eigenvalue weighted by molar-refractivity contribution is 5.50. The van der Waals surface area contributed by atoms with Crippen LogP contribution >= 0.6 is 0 Å². The Labute approximate surface area is 98.2 Å². The molecule has 0 spiro atoms. The van der Waals surface area contributed by atoms with Crippen molar-refractivity contribution in [2.45, 2.75) is 27.7 Å². The largest absolute Gasteiger partial charge is 0.565 e. The van der Waals surface area contributed by atoms with Crippen molar-refractivity contribution >= 4 is 6.16 Å². The number of likely N-dealkylation sites (N-methyl/N-ethyl adjacent to an activating group) is 1. The monoisotopic (exact) mass is 235 g/mol. The van der Waals surface area contributed by atoms with E-state index in [-0.39, 0.29) is 0 Å². The van der Waals surface area contributed by atoms with E-state index in [2.05, 4.69) is 27.7 Å². The second-order valence-electron chi connectivity index (χ2n) is 3.48. The number of hydrogen-bond acceptors (Lipinski definition) is 3. The topological polar surface area (TPSA) is 69.6 Å². The number of hydrogen-bond donors (Lipinski definition) is 1. The van der Waals surface area contributed by atoms with Gasteiger partial charge in [0, 0.05) is 6.61 Å². The number of carboxylic acid groups (broad SMARTS) is 2. The summed E-state index contributed by atoms with van der Waals surface area (Å²) < 4.78 is 6.57. The van der Waals surface area contributed by atoms with Gasteiger partial charge in [0.25, 0.3) is 0 Å². The van der Waals surface area contributed by atoms with E-state index in [0.29, 0.717) is 0 Å². The molecule has 16 heavy (non-hydrogen) atoms. The highest BCUT2D eigenvalue weighted by Crippen LogP contribution is 2.04. The Morgan fingerprint density at radius 2 is 1.56 bits per heavy atom. The lowest BCUT2D eigenvalue weighted by molar-refractivity contribution is -0.923. The van der Waals surface area contributed by atoms with Gasteiger partial charge in [-0.15, -0.1) is 0 Å². The van der Waals surface area contributed by atoms with Gasteiger partial charge in [0.1, 0.15) is 6.54 Å². The predicted molar refractivity (Wildman–Crippen MR) is 61.3 cm³/mol. The molecule has 0 heterocycles. The van der Waals surface area contributed by atoms with Crippen molar-refractivity contribution in [1.82, 2.24) is 0 Å². The lowest BCUT2D eigenvalue weighted by Crippen LogP contribution is -2.49. The molecule has 0 bridgehead atoms. The van der Waals surface area contributed by atoms with E-state index in [1.165, 1.54) is 24.1 Å². The van der Waals surface area contributed by atoms with Gasteiger partial charge in [-0.1, -0.05) is 0 Å². The van der Waals surface area contributed by atoms with Crippen LogP contribution in [0.4, 0.5) is 4.79 Å². The van der Waals surface area contributed by atoms with Crippen LogP contribution in [0.1, 0.15) is 27.7 Å². The highest BCUT2D eigenvalue weighted by Gasteiger charge is 2.19. The Morgan fingerprint density at radius 3 is 1.81 bits per heavy atom. The maximum Gasteiger partial charge on any atom is 0.249 e. The summed E-state index contributed by atoms with van der Waals surface area (Å²) in [6, 6.07) is 0. The molecule has 0 aliphatic carbocycles. The molecular weight excluding hydrogens is 210 g/mol. The van der Waals surface area contributed by atoms with E-state index >= 15 is 0 Å². The van der Waals surface area contributed by atoms with Crippen LogP contribution in [0.2, 0.25) is 0 Å². The van der Waals surface area contributed by atoms with Gasteiger partial charge in [-0.05, 0) is 27.7 Å². The first-order chi connectivity index (χ1) is 7.47. The molecule has 0 amide bonds. The second kappa shape index (κ2) is 10.7. The normalized spacial score (nSPS) is 10.5. The molecule has 0 aromatic heterocycles. The molecule has 0 saturated heterocycles. The molecule has 0 saturated carbocycles. The molecule has 0 atom stereocenters. The molecule has 0 aliphatic heterocycles. The minimum atomic E-state index is -2.08. The minimum absolute atomic E-state index is 0.844. The standard InChI is InChI=1S/C10H24NO.CH2O3/c1-5-11(6-2,7-3)9-10-12-8-4;2-1(3)4/h5-10H2,1-4H3;(H2,2,3,4)/q+1;/p-1. The van der Waals surface area contributed by atoms with Crippen LogP contribution in [0.25, 0.3) is 0 Å². The molecule has 5 heteroatoms. The molecule has 5 nitrogen and oxygen atoms in total. The molecule has 0 aromatic rings. The van der Waals surface area contributed by atoms with Crippen LogP contribution in [-0.4, -0.2) is 55.1 Å². The van der Waals surface area contributed by atoms with Crippen LogP contribution in [0.3, 0.4) is 0 Å². The van der Waals surface area contributed by atoms with Gasteiger partial charge in [-0.3, -0.25) is 0 Å². The van der Waals surface area contributed by atoms with Crippen molar-refractivity contribution in [1.29, 1.82) is 0 Å². The zero-order valence-corrected chi connectivity index (χ0v) is 10.9. The van der Waals surface area contributed by atoms with Gasteiger partial charge in [0.15, 0.2) is 0 Å². The van der Waals surface area contributed by atoms with E-state index < -0.39 is 6.16 Å². The van der Waals surface area contributed by atoms with Crippen LogP contribution in [0.15, 0.2) is 0 Å². The maximum absolute atomic E-state index is 8.44. The Hall–Kier alpha value is -0.810. The number of ether oxygens (including phenoxy) is 1. The predicted octanol–water partition coefficient (Wildman–Crippen LogP) is 0.787. The van der Waals surface area contributed by atoms with Gasteiger partial charge >= 0.3 is 0 Å². The highest BCUT2D eigenvalue weighted by atomic mass is 16.6. The fourth-order valence-electron chi connectivity index (χ4n) is 1.55. The van der Waals surface area contributed by atoms with Crippen LogP contribution < -0.4 is 5.11 Å². The first-order valence-corrected chi connectivity index (χ1v) is 5.80. The Balaban J connectivity index is 0. The summed E-state index contributed by atoms with van der Waals surface area (Å²) in [7, 11) is 0. The molecule has 0 radical (unpaired) electrons. The zero-order valence-electron chi connectivity index (χ0n) is 10.9. The van der Waals surface area contributed by atoms with E-state index in [1.807, 2.05) is 0 Å². The van der Waals surface area contributed by atoms with E-state index in [4.69, 9.17) is 19.7 Å². The van der Waals surface area contributed by atoms with Crippen molar-refractivity contribution in [3.05, 3.63) is 0 Å². The van der Waals surface area contributed by atoms with Crippen LogP contribution in [0.5, 0.6) is 0 Å². The van der Waals surface area contributed by atoms with E-state index in [9.17, 15) is 0 Å². The molecule has 0 fully saturated rings. The van der Waals surface area contributed by atoms with Gasteiger partial charge in [0.05, 0.1) is 26.2 Å². The molecule has 0 unspecified atom stereocenters. The quantitative estimate of drug-likeness (QED) is 0.523. The summed E-state index contributed by atoms with van der Waals surface area (Å²) in [4.78, 5) is 8.44. The third-order valence-electron chi connectivity index (χ3n) is 2.93. The number of rotatable bonds is 7. The molecule has 0 aromatic carbocycles. The van der Waals surface area contributed by atoms with Gasteiger partial charge in [-0.25, -0.2) is 0 Å². The van der Waals surface area contributed by atoms with Gasteiger partial charge < -0.3 is 24.2 Å². The Bertz CT molecular complexity index is 157. The summed E-state index contributed by atoms with van der Waals surface area (Å²) in [5.41, 5.74) is 0. The summed E-state index contributed by atoms with van der Waals surface area (Å²) in [5, 5.41) is 15.3. The summed E-state index contributed by atoms with van der Waals surface area (Å²) >= 11 is 0. The fraction of sp³-hybridized carbons (Fsp3) is 0.909. The summed E-state index contributed by atoms with van der Waals surface area (Å²) in [5.74, 6) is 0. The average Bonchev–Trinajstić information content (AvgIpc) is 2.25. The number of quaternary nitrogens is 1. The van der Waals surface area contributed by atoms with E-state index in [0.717, 1.165) is 19.8 Å². The van der Waals surface area contributed by atoms with Crippen molar-refractivity contribution in [3.63, 3.8) is 0 Å². The first kappa shape index (κ1) is 17.6. The smallest absolute Gasteiger partial charge is 0.249 e. The third-order valence-corrected chi connectivity index (χ3v) is 2.93. The van der Waals surface area contributed by atoms with Crippen molar-refractivity contribution in [2.75, 3.05) is 39.4 Å². The summed E-state index contributed by atoms with van der Waals surface area (Å²) in [6.45, 7) is 15.4. The Morgan fingerprint density at radius 1 is 1.19 bits per heavy atom. The van der Waals surface area contributed by atoms with Crippen molar-refractivity contribution < 1.29 is 24.2 Å². The fourth-order valence-corrected chi connectivity index (χ4v) is 1.55. The molecule has 0 aliphatic rings. The van der Waals surface area contributed by atoms with Gasteiger partial charge in [0.2, 0.25) is 6.16 Å². The van der Waals surface area contributed by atoms with E-state index in [1.54, 1.807) is 0 Å². The number of carbonyl (C=O) groups is 1. The van der Waals surface area contributed by atoms with Gasteiger partial charge in [-0.2, -0.15) is 0 Å². The lowest BCUT2D eigenvalue weighted by Gasteiger charge is -2.35. The van der Waals surface area contributed by atoms with Crippen molar-refractivity contribution in [2.24, 2.45) is 0 Å². The average molecular weight is 235 g/mol. The molecule has 98 valence electrons. The Kier molecular flexibility index (Phi) is 11.8. The minimum Gasteiger partial charge on any atom is -0.565 e. The molecular formula is C11H25NO4. The second-order valence-corrected chi connectivity index (χ2v) is 3.48. The summed E-state index contributed by atoms with van der Waals surface area (Å²) in [6.07, 6.45) is -2.08. The third kappa shape index (κ3) is 9.73. The molecule has 1 N–H and O–H groups in total. The van der Waals surface area contributed by atoms with Crippen LogP contribution in [0, 0.1) is 0 Å².